The fraction of sp³-hybridized carbons (Fsp3) is 0.571. The molecule has 1 saturated heterocycles. The number of piperazine rings is 1. The molecule has 1 amide bonds. The van der Waals surface area contributed by atoms with Crippen LogP contribution in [-0.2, 0) is 17.4 Å². The first-order valence-corrected chi connectivity index (χ1v) is 11.0. The van der Waals surface area contributed by atoms with E-state index in [1.165, 1.54) is 6.07 Å². The van der Waals surface area contributed by atoms with Crippen molar-refractivity contribution in [2.24, 2.45) is 0 Å². The minimum atomic E-state index is -4.58. The number of alkyl halides is 3. The van der Waals surface area contributed by atoms with Gasteiger partial charge < -0.3 is 9.84 Å². The summed E-state index contributed by atoms with van der Waals surface area (Å²) in [4.78, 5) is 21.0. The Morgan fingerprint density at radius 2 is 2.00 bits per heavy atom. The highest BCUT2D eigenvalue weighted by molar-refractivity contribution is 6.31. The second-order valence-corrected chi connectivity index (χ2v) is 8.29. The summed E-state index contributed by atoms with van der Waals surface area (Å²) < 4.78 is 44.4. The van der Waals surface area contributed by atoms with Crippen LogP contribution in [0, 0.1) is 0 Å². The number of anilines is 1. The molecule has 0 saturated carbocycles. The van der Waals surface area contributed by atoms with Crippen LogP contribution >= 0.6 is 11.6 Å². The van der Waals surface area contributed by atoms with E-state index in [2.05, 4.69) is 27.3 Å². The zero-order valence-corrected chi connectivity index (χ0v) is 18.8. The number of unbranched alkanes of at least 4 members (excludes halogenated alkanes) is 1. The van der Waals surface area contributed by atoms with Crippen molar-refractivity contribution in [3.8, 4) is 0 Å². The van der Waals surface area contributed by atoms with Gasteiger partial charge in [0.1, 0.15) is 0 Å². The van der Waals surface area contributed by atoms with Crippen molar-refractivity contribution in [3.63, 3.8) is 0 Å². The molecule has 1 aromatic heterocycles. The van der Waals surface area contributed by atoms with Crippen molar-refractivity contribution in [1.82, 2.24) is 19.9 Å². The lowest BCUT2D eigenvalue weighted by molar-refractivity contribution is -0.137. The molecule has 0 bridgehead atoms. The van der Waals surface area contributed by atoms with Gasteiger partial charge in [-0.1, -0.05) is 30.1 Å². The number of amides is 1. The van der Waals surface area contributed by atoms with Crippen LogP contribution in [0.15, 0.2) is 22.7 Å². The van der Waals surface area contributed by atoms with E-state index in [0.717, 1.165) is 37.2 Å². The first kappa shape index (κ1) is 24.5. The van der Waals surface area contributed by atoms with Gasteiger partial charge in [0.15, 0.2) is 5.82 Å². The van der Waals surface area contributed by atoms with Crippen LogP contribution < -0.4 is 5.32 Å². The summed E-state index contributed by atoms with van der Waals surface area (Å²) in [5, 5.41) is 6.15. The first-order valence-electron chi connectivity index (χ1n) is 10.6. The molecule has 3 rings (SSSR count). The van der Waals surface area contributed by atoms with Gasteiger partial charge in [0.25, 0.3) is 0 Å². The van der Waals surface area contributed by atoms with Crippen molar-refractivity contribution < 1.29 is 22.5 Å². The third-order valence-electron chi connectivity index (χ3n) is 5.47. The third-order valence-corrected chi connectivity index (χ3v) is 5.80. The first-order chi connectivity index (χ1) is 15.2. The Morgan fingerprint density at radius 1 is 1.28 bits per heavy atom. The average molecular weight is 474 g/mol. The van der Waals surface area contributed by atoms with E-state index in [1.54, 1.807) is 0 Å². The van der Waals surface area contributed by atoms with Gasteiger partial charge in [0.2, 0.25) is 11.8 Å². The molecule has 2 aromatic rings. The van der Waals surface area contributed by atoms with Gasteiger partial charge in [-0.25, -0.2) is 0 Å². The molecule has 1 aliphatic rings. The number of hydrogen-bond donors (Lipinski definition) is 1. The number of aryl methyl sites for hydroxylation is 1. The number of carbonyl (C=O) groups is 1. The monoisotopic (exact) mass is 473 g/mol. The molecule has 0 aliphatic carbocycles. The van der Waals surface area contributed by atoms with Gasteiger partial charge in [-0.2, -0.15) is 18.2 Å². The smallest absolute Gasteiger partial charge is 0.338 e. The van der Waals surface area contributed by atoms with E-state index in [-0.39, 0.29) is 24.2 Å². The Balaban J connectivity index is 1.48. The lowest BCUT2D eigenvalue weighted by Gasteiger charge is -2.36. The molecule has 7 nitrogen and oxygen atoms in total. The number of rotatable bonds is 8. The summed E-state index contributed by atoms with van der Waals surface area (Å²) in [5.74, 6) is 0.935. The number of nitrogens with zero attached hydrogens (tertiary/aromatic N) is 4. The summed E-state index contributed by atoms with van der Waals surface area (Å²) in [5.41, 5.74) is -0.910. The van der Waals surface area contributed by atoms with E-state index >= 15 is 0 Å². The van der Waals surface area contributed by atoms with Gasteiger partial charge in [-0.3, -0.25) is 14.6 Å². The van der Waals surface area contributed by atoms with Crippen LogP contribution in [-0.4, -0.2) is 58.6 Å². The maximum atomic E-state index is 13.0. The number of nitrogens with one attached hydrogen (secondary N) is 1. The number of hydrogen-bond acceptors (Lipinski definition) is 6. The van der Waals surface area contributed by atoms with Crippen molar-refractivity contribution in [2.45, 2.75) is 45.3 Å². The van der Waals surface area contributed by atoms with E-state index < -0.39 is 16.8 Å². The van der Waals surface area contributed by atoms with Gasteiger partial charge >= 0.3 is 6.18 Å². The number of aromatic nitrogens is 2. The molecule has 1 N–H and O–H groups in total. The zero-order chi connectivity index (χ0) is 23.3. The number of benzene rings is 1. The highest BCUT2D eigenvalue weighted by Crippen LogP contribution is 2.36. The number of carbonyl (C=O) groups excluding carboxylic acids is 1. The lowest BCUT2D eigenvalue weighted by Crippen LogP contribution is -2.49. The Labute approximate surface area is 189 Å². The molecule has 1 atom stereocenters. The molecule has 1 fully saturated rings. The quantitative estimate of drug-likeness (QED) is 0.612. The largest absolute Gasteiger partial charge is 0.417 e. The van der Waals surface area contributed by atoms with Crippen molar-refractivity contribution in [2.75, 3.05) is 38.0 Å². The lowest BCUT2D eigenvalue weighted by atomic mass is 10.2. The minimum absolute atomic E-state index is 0.0243. The Morgan fingerprint density at radius 3 is 2.66 bits per heavy atom. The Bertz CT molecular complexity index is 913. The fourth-order valence-electron chi connectivity index (χ4n) is 3.56. The van der Waals surface area contributed by atoms with Gasteiger partial charge in [-0.15, -0.1) is 0 Å². The topological polar surface area (TPSA) is 74.5 Å². The Hall–Kier alpha value is -2.17. The number of halogens is 4. The predicted octanol–water partition coefficient (Wildman–Crippen LogP) is 4.40. The van der Waals surface area contributed by atoms with Gasteiger partial charge in [-0.05, 0) is 31.5 Å². The second-order valence-electron chi connectivity index (χ2n) is 7.88. The highest BCUT2D eigenvalue weighted by Gasteiger charge is 2.33. The third kappa shape index (κ3) is 6.43. The van der Waals surface area contributed by atoms with Crippen LogP contribution in [0.5, 0.6) is 0 Å². The molecule has 0 spiro atoms. The van der Waals surface area contributed by atoms with Crippen LogP contribution in [0.25, 0.3) is 0 Å². The van der Waals surface area contributed by atoms with Gasteiger partial charge in [0, 0.05) is 38.3 Å². The fourth-order valence-corrected chi connectivity index (χ4v) is 3.79. The summed E-state index contributed by atoms with van der Waals surface area (Å²) >= 11 is 5.62. The molecule has 0 radical (unpaired) electrons. The van der Waals surface area contributed by atoms with Crippen molar-refractivity contribution >= 4 is 23.2 Å². The van der Waals surface area contributed by atoms with Crippen molar-refractivity contribution in [1.29, 1.82) is 0 Å². The summed E-state index contributed by atoms with van der Waals surface area (Å²) in [6, 6.07) is 3.31. The standard InChI is InChI=1S/C21H27ClF3N5O2/c1-3-4-5-18-27-20(32-28-18)14(2)30-10-8-29(9-11-30)13-19(31)26-15-6-7-17(22)16(12-15)21(23,24)25/h6-7,12,14H,3-5,8-11,13H2,1-2H3,(H,26,31). The molecular weight excluding hydrogens is 447 g/mol. The second kappa shape index (κ2) is 10.6. The van der Waals surface area contributed by atoms with E-state index in [1.807, 2.05) is 11.8 Å². The molecule has 2 heterocycles. The maximum Gasteiger partial charge on any atom is 0.417 e. The molecule has 1 aromatic carbocycles. The predicted molar refractivity (Wildman–Crippen MR) is 114 cm³/mol. The average Bonchev–Trinajstić information content (AvgIpc) is 3.22. The van der Waals surface area contributed by atoms with E-state index in [9.17, 15) is 18.0 Å². The normalized spacial score (nSPS) is 16.8. The molecule has 32 heavy (non-hydrogen) atoms. The van der Waals surface area contributed by atoms with E-state index in [0.29, 0.717) is 32.1 Å². The molecule has 176 valence electrons. The minimum Gasteiger partial charge on any atom is -0.338 e. The molecular formula is C21H27ClF3N5O2. The molecule has 11 heteroatoms. The maximum absolute atomic E-state index is 13.0. The van der Waals surface area contributed by atoms with E-state index in [4.69, 9.17) is 16.1 Å². The highest BCUT2D eigenvalue weighted by atomic mass is 35.5. The zero-order valence-electron chi connectivity index (χ0n) is 18.1. The van der Waals surface area contributed by atoms with Gasteiger partial charge in [0.05, 0.1) is 23.2 Å². The molecule has 1 aliphatic heterocycles. The summed E-state index contributed by atoms with van der Waals surface area (Å²) in [6.07, 6.45) is -1.70. The molecule has 1 unspecified atom stereocenters. The van der Waals surface area contributed by atoms with Crippen LogP contribution in [0.2, 0.25) is 5.02 Å². The summed E-state index contributed by atoms with van der Waals surface area (Å²) in [7, 11) is 0. The Kier molecular flexibility index (Phi) is 8.13. The SMILES string of the molecule is CCCCc1noc(C(C)N2CCN(CC(=O)Nc3ccc(Cl)c(C(F)(F)F)c3)CC2)n1. The summed E-state index contributed by atoms with van der Waals surface area (Å²) in [6.45, 7) is 6.91. The van der Waals surface area contributed by atoms with Crippen LogP contribution in [0.3, 0.4) is 0 Å². The van der Waals surface area contributed by atoms with Crippen molar-refractivity contribution in [3.05, 3.63) is 40.5 Å². The van der Waals surface area contributed by atoms with Crippen LogP contribution in [0.1, 0.15) is 50.0 Å². The van der Waals surface area contributed by atoms with Crippen LogP contribution in [0.4, 0.5) is 18.9 Å².